The molecule has 1 aliphatic heterocycles. The first-order valence-electron chi connectivity index (χ1n) is 10.6. The molecule has 0 unspecified atom stereocenters. The number of rotatable bonds is 8. The SMILES string of the molecule is Cc1ccccc1OCCCN(C)CC(=O)NN1C(=O)NC2(CCC(C)CC2)C1=O. The summed E-state index contributed by atoms with van der Waals surface area (Å²) in [5.41, 5.74) is 2.71. The average molecular weight is 417 g/mol. The Bertz CT molecular complexity index is 789. The summed E-state index contributed by atoms with van der Waals surface area (Å²) < 4.78 is 5.77. The van der Waals surface area contributed by atoms with Crippen molar-refractivity contribution in [1.82, 2.24) is 20.7 Å². The lowest BCUT2D eigenvalue weighted by Gasteiger charge is -2.33. The minimum absolute atomic E-state index is 0.0887. The molecule has 2 fully saturated rings. The van der Waals surface area contributed by atoms with Gasteiger partial charge >= 0.3 is 6.03 Å². The number of carbonyl (C=O) groups is 3. The van der Waals surface area contributed by atoms with Gasteiger partial charge in [-0.25, -0.2) is 4.79 Å². The fourth-order valence-corrected chi connectivity index (χ4v) is 4.03. The molecule has 0 atom stereocenters. The van der Waals surface area contributed by atoms with Crippen LogP contribution in [0.25, 0.3) is 0 Å². The second-order valence-electron chi connectivity index (χ2n) is 8.58. The highest BCUT2D eigenvalue weighted by molar-refractivity contribution is 6.08. The number of imide groups is 1. The van der Waals surface area contributed by atoms with Crippen molar-refractivity contribution in [2.24, 2.45) is 5.92 Å². The largest absolute Gasteiger partial charge is 0.493 e. The van der Waals surface area contributed by atoms with Crippen LogP contribution in [0.1, 0.15) is 44.6 Å². The number of carbonyl (C=O) groups excluding carboxylic acids is 3. The molecule has 3 rings (SSSR count). The van der Waals surface area contributed by atoms with Crippen molar-refractivity contribution < 1.29 is 19.1 Å². The van der Waals surface area contributed by atoms with Gasteiger partial charge in [0.15, 0.2) is 0 Å². The number of para-hydroxylation sites is 1. The zero-order chi connectivity index (χ0) is 21.7. The number of ether oxygens (including phenoxy) is 1. The zero-order valence-corrected chi connectivity index (χ0v) is 18.1. The van der Waals surface area contributed by atoms with Gasteiger partial charge in [0.05, 0.1) is 13.2 Å². The number of hydrazine groups is 1. The minimum Gasteiger partial charge on any atom is -0.493 e. The molecule has 30 heavy (non-hydrogen) atoms. The van der Waals surface area contributed by atoms with E-state index in [2.05, 4.69) is 17.7 Å². The molecule has 1 saturated carbocycles. The van der Waals surface area contributed by atoms with Crippen LogP contribution < -0.4 is 15.5 Å². The summed E-state index contributed by atoms with van der Waals surface area (Å²) in [7, 11) is 1.82. The fourth-order valence-electron chi connectivity index (χ4n) is 4.03. The number of urea groups is 1. The van der Waals surface area contributed by atoms with Gasteiger partial charge in [0.25, 0.3) is 11.8 Å². The molecule has 1 aromatic rings. The van der Waals surface area contributed by atoms with Crippen LogP contribution >= 0.6 is 0 Å². The Labute approximate surface area is 177 Å². The second kappa shape index (κ2) is 9.47. The standard InChI is InChI=1S/C22H32N4O4/c1-16-9-11-22(12-10-16)20(28)26(21(29)23-22)24-19(27)15-25(3)13-6-14-30-18-8-5-4-7-17(18)2/h4-5,7-8,16H,6,9-15H2,1-3H3,(H,23,29)(H,24,27). The Kier molecular flexibility index (Phi) is 6.97. The molecule has 1 spiro atoms. The number of benzene rings is 1. The molecule has 164 valence electrons. The van der Waals surface area contributed by atoms with E-state index in [0.717, 1.165) is 35.6 Å². The maximum absolute atomic E-state index is 12.8. The third-order valence-corrected chi connectivity index (χ3v) is 5.97. The molecular weight excluding hydrogens is 384 g/mol. The molecule has 8 nitrogen and oxygen atoms in total. The van der Waals surface area contributed by atoms with Gasteiger partial charge in [-0.2, -0.15) is 5.01 Å². The van der Waals surface area contributed by atoms with Crippen LogP contribution in [0.3, 0.4) is 0 Å². The van der Waals surface area contributed by atoms with Gasteiger partial charge in [-0.15, -0.1) is 0 Å². The third kappa shape index (κ3) is 5.11. The summed E-state index contributed by atoms with van der Waals surface area (Å²) in [6, 6.07) is 7.30. The van der Waals surface area contributed by atoms with Gasteiger partial charge in [0, 0.05) is 6.54 Å². The highest BCUT2D eigenvalue weighted by Crippen LogP contribution is 2.35. The summed E-state index contributed by atoms with van der Waals surface area (Å²) >= 11 is 0. The van der Waals surface area contributed by atoms with Crippen LogP contribution in [0, 0.1) is 12.8 Å². The van der Waals surface area contributed by atoms with E-state index < -0.39 is 11.6 Å². The van der Waals surface area contributed by atoms with Gasteiger partial charge in [-0.3, -0.25) is 19.9 Å². The first-order chi connectivity index (χ1) is 14.3. The summed E-state index contributed by atoms with van der Waals surface area (Å²) in [6.07, 6.45) is 3.77. The van der Waals surface area contributed by atoms with E-state index in [9.17, 15) is 14.4 Å². The van der Waals surface area contributed by atoms with Gasteiger partial charge in [-0.05, 0) is 63.6 Å². The smallest absolute Gasteiger partial charge is 0.344 e. The van der Waals surface area contributed by atoms with Crippen LogP contribution in [-0.2, 0) is 9.59 Å². The molecule has 2 aliphatic rings. The Morgan fingerprint density at radius 1 is 1.30 bits per heavy atom. The minimum atomic E-state index is -0.852. The van der Waals surface area contributed by atoms with Gasteiger partial charge in [0.2, 0.25) is 0 Å². The molecule has 8 heteroatoms. The predicted molar refractivity (Wildman–Crippen MR) is 113 cm³/mol. The number of likely N-dealkylation sites (N-methyl/N-ethyl adjacent to an activating group) is 1. The molecule has 1 aromatic carbocycles. The highest BCUT2D eigenvalue weighted by atomic mass is 16.5. The first-order valence-corrected chi connectivity index (χ1v) is 10.6. The summed E-state index contributed by atoms with van der Waals surface area (Å²) in [6.45, 7) is 5.44. The molecule has 4 amide bonds. The Morgan fingerprint density at radius 2 is 2.00 bits per heavy atom. The fraction of sp³-hybridized carbons (Fsp3) is 0.591. The van der Waals surface area contributed by atoms with E-state index in [-0.39, 0.29) is 18.4 Å². The van der Waals surface area contributed by atoms with E-state index in [1.165, 1.54) is 0 Å². The van der Waals surface area contributed by atoms with Gasteiger partial charge in [0.1, 0.15) is 11.3 Å². The predicted octanol–water partition coefficient (Wildman–Crippen LogP) is 2.23. The Morgan fingerprint density at radius 3 is 2.70 bits per heavy atom. The first kappa shape index (κ1) is 22.1. The monoisotopic (exact) mass is 416 g/mol. The van der Waals surface area contributed by atoms with Crippen LogP contribution in [0.2, 0.25) is 0 Å². The maximum atomic E-state index is 12.8. The molecule has 1 aliphatic carbocycles. The Hall–Kier alpha value is -2.61. The summed E-state index contributed by atoms with van der Waals surface area (Å²) in [4.78, 5) is 39.3. The summed E-state index contributed by atoms with van der Waals surface area (Å²) in [5.74, 6) is 0.680. The van der Waals surface area contributed by atoms with E-state index >= 15 is 0 Å². The second-order valence-corrected chi connectivity index (χ2v) is 8.58. The molecule has 0 radical (unpaired) electrons. The van der Waals surface area contributed by atoms with Crippen molar-refractivity contribution in [3.05, 3.63) is 29.8 Å². The molecule has 0 bridgehead atoms. The lowest BCUT2D eigenvalue weighted by Crippen LogP contribution is -2.52. The van der Waals surface area contributed by atoms with Crippen LogP contribution in [0.4, 0.5) is 4.79 Å². The van der Waals surface area contributed by atoms with Crippen LogP contribution in [-0.4, -0.2) is 60.0 Å². The molecule has 1 heterocycles. The number of hydrogen-bond donors (Lipinski definition) is 2. The lowest BCUT2D eigenvalue weighted by atomic mass is 9.77. The molecule has 1 saturated heterocycles. The lowest BCUT2D eigenvalue weighted by molar-refractivity contribution is -0.140. The van der Waals surface area contributed by atoms with E-state index in [4.69, 9.17) is 4.74 Å². The van der Waals surface area contributed by atoms with E-state index in [1.807, 2.05) is 43.1 Å². The molecule has 2 N–H and O–H groups in total. The van der Waals surface area contributed by atoms with Crippen molar-refractivity contribution in [3.8, 4) is 5.75 Å². The van der Waals surface area contributed by atoms with E-state index in [1.54, 1.807) is 0 Å². The molecular formula is C22H32N4O4. The van der Waals surface area contributed by atoms with Crippen molar-refractivity contribution in [2.75, 3.05) is 26.7 Å². The topological polar surface area (TPSA) is 91.0 Å². The normalized spacial score (nSPS) is 23.7. The number of nitrogens with zero attached hydrogens (tertiary/aromatic N) is 2. The Balaban J connectivity index is 1.41. The maximum Gasteiger partial charge on any atom is 0.344 e. The zero-order valence-electron chi connectivity index (χ0n) is 18.1. The van der Waals surface area contributed by atoms with Crippen LogP contribution in [0.15, 0.2) is 24.3 Å². The van der Waals surface area contributed by atoms with E-state index in [0.29, 0.717) is 31.9 Å². The average Bonchev–Trinajstić information content (AvgIpc) is 2.93. The number of amides is 4. The third-order valence-electron chi connectivity index (χ3n) is 5.97. The number of hydrogen-bond acceptors (Lipinski definition) is 5. The van der Waals surface area contributed by atoms with Gasteiger partial charge in [-0.1, -0.05) is 25.1 Å². The quantitative estimate of drug-likeness (QED) is 0.501. The van der Waals surface area contributed by atoms with Crippen molar-refractivity contribution >= 4 is 17.8 Å². The van der Waals surface area contributed by atoms with Crippen molar-refractivity contribution in [2.45, 2.75) is 51.5 Å². The number of nitrogens with one attached hydrogen (secondary N) is 2. The highest BCUT2D eigenvalue weighted by Gasteiger charge is 2.52. The van der Waals surface area contributed by atoms with Crippen molar-refractivity contribution in [3.63, 3.8) is 0 Å². The molecule has 0 aromatic heterocycles. The number of aryl methyl sites for hydroxylation is 1. The van der Waals surface area contributed by atoms with Crippen LogP contribution in [0.5, 0.6) is 5.75 Å². The van der Waals surface area contributed by atoms with Gasteiger partial charge < -0.3 is 10.1 Å². The van der Waals surface area contributed by atoms with Crippen molar-refractivity contribution in [1.29, 1.82) is 0 Å². The summed E-state index contributed by atoms with van der Waals surface area (Å²) in [5, 5.41) is 3.66.